The number of aliphatic hydroxyl groups excluding tert-OH is 1. The van der Waals surface area contributed by atoms with Crippen LogP contribution in [0.3, 0.4) is 0 Å². The monoisotopic (exact) mass is 358 g/mol. The summed E-state index contributed by atoms with van der Waals surface area (Å²) < 4.78 is 1.79. The predicted octanol–water partition coefficient (Wildman–Crippen LogP) is 0.801. The number of hydrogen-bond donors (Lipinski definition) is 2. The van der Waals surface area contributed by atoms with E-state index in [1.807, 2.05) is 11.8 Å². The van der Waals surface area contributed by atoms with Crippen LogP contribution in [0.15, 0.2) is 23.8 Å². The van der Waals surface area contributed by atoms with Crippen molar-refractivity contribution in [1.82, 2.24) is 24.8 Å². The molecule has 2 N–H and O–H groups in total. The summed E-state index contributed by atoms with van der Waals surface area (Å²) in [5.74, 6) is 0.250. The number of aliphatic hydroxyl groups is 1. The second-order valence-corrected chi connectivity index (χ2v) is 6.04. The van der Waals surface area contributed by atoms with E-state index in [1.165, 1.54) is 6.20 Å². The van der Waals surface area contributed by atoms with E-state index in [1.54, 1.807) is 22.7 Å². The lowest BCUT2D eigenvalue weighted by atomic mass is 10.2. The lowest BCUT2D eigenvalue weighted by Gasteiger charge is -2.34. The minimum Gasteiger partial charge on any atom is -0.508 e. The standard InChI is InChI=1S/C17H22N6O3/c1-4-21-10-13(11(2)24)14(25)12-9-19-16(20-15(12)21)22-5-7-23(8-6-22)17(26)18-3/h9-10,24H,2,4-8H2,1,3H3,(H,18,26). The molecule has 9 nitrogen and oxygen atoms in total. The lowest BCUT2D eigenvalue weighted by Crippen LogP contribution is -2.51. The molecule has 1 aliphatic heterocycles. The number of nitrogens with one attached hydrogen (secondary N) is 1. The maximum Gasteiger partial charge on any atom is 0.317 e. The van der Waals surface area contributed by atoms with Crippen molar-refractivity contribution < 1.29 is 9.90 Å². The van der Waals surface area contributed by atoms with Crippen molar-refractivity contribution >= 4 is 28.8 Å². The number of fused-ring (bicyclic) bond motifs is 1. The molecule has 0 spiro atoms. The van der Waals surface area contributed by atoms with Gasteiger partial charge in [-0.2, -0.15) is 4.98 Å². The van der Waals surface area contributed by atoms with Gasteiger partial charge in [0.05, 0.1) is 10.9 Å². The van der Waals surface area contributed by atoms with Gasteiger partial charge in [0.15, 0.2) is 0 Å². The van der Waals surface area contributed by atoms with Gasteiger partial charge in [-0.1, -0.05) is 6.58 Å². The number of nitrogens with zero attached hydrogens (tertiary/aromatic N) is 5. The molecule has 0 bridgehead atoms. The molecule has 0 aromatic carbocycles. The van der Waals surface area contributed by atoms with E-state index in [-0.39, 0.29) is 22.8 Å². The number of carbonyl (C=O) groups is 1. The first-order chi connectivity index (χ1) is 12.5. The minimum atomic E-state index is -0.340. The molecule has 0 unspecified atom stereocenters. The van der Waals surface area contributed by atoms with Gasteiger partial charge in [-0.25, -0.2) is 9.78 Å². The number of rotatable bonds is 3. The van der Waals surface area contributed by atoms with Gasteiger partial charge in [0.1, 0.15) is 11.4 Å². The molecule has 26 heavy (non-hydrogen) atoms. The van der Waals surface area contributed by atoms with Gasteiger partial charge < -0.3 is 24.8 Å². The molecule has 0 saturated carbocycles. The summed E-state index contributed by atoms with van der Waals surface area (Å²) in [6.45, 7) is 8.33. The van der Waals surface area contributed by atoms with Crippen molar-refractivity contribution in [2.24, 2.45) is 0 Å². The number of urea groups is 1. The highest BCUT2D eigenvalue weighted by Gasteiger charge is 2.22. The molecule has 9 heteroatoms. The van der Waals surface area contributed by atoms with Gasteiger partial charge in [0, 0.05) is 52.2 Å². The first-order valence-corrected chi connectivity index (χ1v) is 8.46. The summed E-state index contributed by atoms with van der Waals surface area (Å²) in [5.41, 5.74) is 0.323. The van der Waals surface area contributed by atoms with Crippen LogP contribution >= 0.6 is 0 Å². The van der Waals surface area contributed by atoms with E-state index in [2.05, 4.69) is 21.9 Å². The van der Waals surface area contributed by atoms with E-state index in [0.29, 0.717) is 49.7 Å². The van der Waals surface area contributed by atoms with Crippen molar-refractivity contribution in [2.75, 3.05) is 38.1 Å². The zero-order valence-corrected chi connectivity index (χ0v) is 14.9. The molecular weight excluding hydrogens is 336 g/mol. The summed E-state index contributed by atoms with van der Waals surface area (Å²) in [6.07, 6.45) is 3.05. The normalized spacial score (nSPS) is 14.5. The molecule has 1 saturated heterocycles. The smallest absolute Gasteiger partial charge is 0.317 e. The number of piperazine rings is 1. The third-order valence-electron chi connectivity index (χ3n) is 4.52. The van der Waals surface area contributed by atoms with Crippen LogP contribution in [-0.2, 0) is 6.54 Å². The second-order valence-electron chi connectivity index (χ2n) is 6.04. The van der Waals surface area contributed by atoms with Crippen LogP contribution in [-0.4, -0.2) is 63.8 Å². The molecular formula is C17H22N6O3. The Balaban J connectivity index is 1.95. The Bertz CT molecular complexity index is 915. The molecule has 138 valence electrons. The summed E-state index contributed by atoms with van der Waals surface area (Å²) in [7, 11) is 1.61. The number of anilines is 1. The van der Waals surface area contributed by atoms with Crippen molar-refractivity contribution in [2.45, 2.75) is 13.5 Å². The van der Waals surface area contributed by atoms with E-state index in [4.69, 9.17) is 0 Å². The Hall–Kier alpha value is -3.10. The number of hydrogen-bond acceptors (Lipinski definition) is 6. The SMILES string of the molecule is C=C(O)c1cn(CC)c2nc(N3CCN(C(=O)NC)CC3)ncc2c1=O. The Morgan fingerprint density at radius 2 is 2.04 bits per heavy atom. The Labute approximate surface area is 150 Å². The molecule has 0 aliphatic carbocycles. The van der Waals surface area contributed by atoms with Crippen LogP contribution in [0.4, 0.5) is 10.7 Å². The first kappa shape index (κ1) is 17.7. The predicted molar refractivity (Wildman–Crippen MR) is 99.4 cm³/mol. The van der Waals surface area contributed by atoms with Gasteiger partial charge in [0.25, 0.3) is 0 Å². The Morgan fingerprint density at radius 1 is 1.35 bits per heavy atom. The molecule has 0 atom stereocenters. The highest BCUT2D eigenvalue weighted by molar-refractivity contribution is 5.79. The van der Waals surface area contributed by atoms with Crippen LogP contribution in [0.1, 0.15) is 12.5 Å². The Morgan fingerprint density at radius 3 is 2.62 bits per heavy atom. The first-order valence-electron chi connectivity index (χ1n) is 8.46. The molecule has 2 aromatic rings. The zero-order valence-electron chi connectivity index (χ0n) is 14.9. The van der Waals surface area contributed by atoms with Crippen molar-refractivity contribution in [1.29, 1.82) is 0 Å². The highest BCUT2D eigenvalue weighted by Crippen LogP contribution is 2.17. The van der Waals surface area contributed by atoms with Crippen molar-refractivity contribution in [3.63, 3.8) is 0 Å². The summed E-state index contributed by atoms with van der Waals surface area (Å²) in [4.78, 5) is 36.8. The molecule has 2 aromatic heterocycles. The largest absolute Gasteiger partial charge is 0.508 e. The third-order valence-corrected chi connectivity index (χ3v) is 4.52. The van der Waals surface area contributed by atoms with Crippen LogP contribution in [0.25, 0.3) is 16.8 Å². The summed E-state index contributed by atoms with van der Waals surface area (Å²) in [5, 5.41) is 12.6. The number of aromatic nitrogens is 3. The van der Waals surface area contributed by atoms with Crippen molar-refractivity contribution in [3.8, 4) is 0 Å². The second kappa shape index (κ2) is 7.03. The van der Waals surface area contributed by atoms with Crippen LogP contribution in [0, 0.1) is 0 Å². The molecule has 2 amide bonds. The van der Waals surface area contributed by atoms with Gasteiger partial charge in [-0.15, -0.1) is 0 Å². The highest BCUT2D eigenvalue weighted by atomic mass is 16.3. The Kier molecular flexibility index (Phi) is 4.79. The fourth-order valence-electron chi connectivity index (χ4n) is 3.03. The maximum atomic E-state index is 12.5. The van der Waals surface area contributed by atoms with Crippen LogP contribution in [0.2, 0.25) is 0 Å². The number of pyridine rings is 1. The summed E-state index contributed by atoms with van der Waals surface area (Å²) >= 11 is 0. The zero-order chi connectivity index (χ0) is 18.8. The molecule has 1 fully saturated rings. The van der Waals surface area contributed by atoms with E-state index < -0.39 is 0 Å². The molecule has 0 radical (unpaired) electrons. The average molecular weight is 358 g/mol. The number of aryl methyl sites for hydroxylation is 1. The van der Waals surface area contributed by atoms with E-state index >= 15 is 0 Å². The van der Waals surface area contributed by atoms with Gasteiger partial charge >= 0.3 is 6.03 Å². The number of carbonyl (C=O) groups excluding carboxylic acids is 1. The van der Waals surface area contributed by atoms with E-state index in [0.717, 1.165) is 0 Å². The topological polar surface area (TPSA) is 104 Å². The number of amides is 2. The van der Waals surface area contributed by atoms with Gasteiger partial charge in [-0.05, 0) is 6.92 Å². The third kappa shape index (κ3) is 3.07. The average Bonchev–Trinajstić information content (AvgIpc) is 2.67. The quantitative estimate of drug-likeness (QED) is 0.787. The molecule has 3 rings (SSSR count). The van der Waals surface area contributed by atoms with Crippen molar-refractivity contribution in [3.05, 3.63) is 34.8 Å². The van der Waals surface area contributed by atoms with E-state index in [9.17, 15) is 14.7 Å². The van der Waals surface area contributed by atoms with Gasteiger partial charge in [0.2, 0.25) is 11.4 Å². The maximum absolute atomic E-state index is 12.5. The minimum absolute atomic E-state index is 0.0966. The fraction of sp³-hybridized carbons (Fsp3) is 0.412. The van der Waals surface area contributed by atoms with Crippen LogP contribution in [0.5, 0.6) is 0 Å². The molecule has 3 heterocycles. The van der Waals surface area contributed by atoms with Gasteiger partial charge in [-0.3, -0.25) is 4.79 Å². The summed E-state index contributed by atoms with van der Waals surface area (Å²) in [6, 6.07) is -0.0966. The van der Waals surface area contributed by atoms with Crippen LogP contribution < -0.4 is 15.6 Å². The fourth-order valence-corrected chi connectivity index (χ4v) is 3.03. The molecule has 1 aliphatic rings. The lowest BCUT2D eigenvalue weighted by molar-refractivity contribution is 0.196.